The molecule has 5 heteroatoms. The number of hydrogen-bond acceptors (Lipinski definition) is 3. The fourth-order valence-corrected chi connectivity index (χ4v) is 2.79. The summed E-state index contributed by atoms with van der Waals surface area (Å²) in [5.41, 5.74) is 1.14. The molecule has 2 N–H and O–H groups in total. The van der Waals surface area contributed by atoms with Gasteiger partial charge in [0, 0.05) is 39.3 Å². The SMILES string of the molecule is CN(CC1CCCO1)C(=O)NCC(CCO)c1ccccc1. The van der Waals surface area contributed by atoms with E-state index in [0.29, 0.717) is 19.5 Å². The number of nitrogens with zero attached hydrogens (tertiary/aromatic N) is 1. The van der Waals surface area contributed by atoms with E-state index >= 15 is 0 Å². The van der Waals surface area contributed by atoms with E-state index < -0.39 is 0 Å². The van der Waals surface area contributed by atoms with Crippen LogP contribution < -0.4 is 5.32 Å². The van der Waals surface area contributed by atoms with Gasteiger partial charge in [0.2, 0.25) is 0 Å². The second-order valence-corrected chi connectivity index (χ2v) is 5.82. The summed E-state index contributed by atoms with van der Waals surface area (Å²) in [5, 5.41) is 12.2. The van der Waals surface area contributed by atoms with Gasteiger partial charge in [0.15, 0.2) is 0 Å². The highest BCUT2D eigenvalue weighted by Gasteiger charge is 2.20. The maximum absolute atomic E-state index is 12.2. The van der Waals surface area contributed by atoms with Crippen molar-refractivity contribution in [2.24, 2.45) is 0 Å². The predicted octanol–water partition coefficient (Wildman–Crippen LogP) is 1.97. The summed E-state index contributed by atoms with van der Waals surface area (Å²) in [6.07, 6.45) is 2.90. The van der Waals surface area contributed by atoms with Crippen molar-refractivity contribution in [3.63, 3.8) is 0 Å². The molecule has 2 atom stereocenters. The lowest BCUT2D eigenvalue weighted by atomic mass is 9.96. The Balaban J connectivity index is 1.81. The zero-order valence-electron chi connectivity index (χ0n) is 13.2. The third kappa shape index (κ3) is 5.00. The van der Waals surface area contributed by atoms with Crippen molar-refractivity contribution in [3.05, 3.63) is 35.9 Å². The molecule has 0 radical (unpaired) electrons. The van der Waals surface area contributed by atoms with E-state index in [0.717, 1.165) is 25.0 Å². The maximum atomic E-state index is 12.2. The van der Waals surface area contributed by atoms with Crippen molar-refractivity contribution in [2.45, 2.75) is 31.3 Å². The monoisotopic (exact) mass is 306 g/mol. The van der Waals surface area contributed by atoms with Crippen LogP contribution in [0.25, 0.3) is 0 Å². The van der Waals surface area contributed by atoms with Crippen LogP contribution in [-0.2, 0) is 4.74 Å². The maximum Gasteiger partial charge on any atom is 0.317 e. The molecule has 0 saturated carbocycles. The molecule has 1 heterocycles. The number of urea groups is 1. The molecule has 2 amide bonds. The molecule has 122 valence electrons. The molecule has 22 heavy (non-hydrogen) atoms. The molecule has 1 aliphatic rings. The number of amides is 2. The quantitative estimate of drug-likeness (QED) is 0.809. The van der Waals surface area contributed by atoms with Crippen LogP contribution in [0, 0.1) is 0 Å². The van der Waals surface area contributed by atoms with Gasteiger partial charge in [-0.3, -0.25) is 0 Å². The molecular formula is C17H26N2O3. The Hall–Kier alpha value is -1.59. The number of aliphatic hydroxyl groups is 1. The summed E-state index contributed by atoms with van der Waals surface area (Å²) < 4.78 is 5.55. The van der Waals surface area contributed by atoms with Crippen LogP contribution in [0.15, 0.2) is 30.3 Å². The van der Waals surface area contributed by atoms with E-state index in [1.54, 1.807) is 11.9 Å². The Bertz CT molecular complexity index is 446. The van der Waals surface area contributed by atoms with Gasteiger partial charge >= 0.3 is 6.03 Å². The third-order valence-corrected chi connectivity index (χ3v) is 4.10. The van der Waals surface area contributed by atoms with Crippen LogP contribution in [0.2, 0.25) is 0 Å². The fraction of sp³-hybridized carbons (Fsp3) is 0.588. The van der Waals surface area contributed by atoms with Gasteiger partial charge in [0.05, 0.1) is 6.10 Å². The van der Waals surface area contributed by atoms with Crippen LogP contribution >= 0.6 is 0 Å². The number of carbonyl (C=O) groups is 1. The smallest absolute Gasteiger partial charge is 0.317 e. The number of aliphatic hydroxyl groups excluding tert-OH is 1. The predicted molar refractivity (Wildman–Crippen MR) is 85.9 cm³/mol. The molecule has 0 spiro atoms. The Kier molecular flexibility index (Phi) is 6.68. The standard InChI is InChI=1S/C17H26N2O3/c1-19(13-16-8-5-11-22-16)17(21)18-12-15(9-10-20)14-6-3-2-4-7-14/h2-4,6-7,15-16,20H,5,8-13H2,1H3,(H,18,21). The van der Waals surface area contributed by atoms with E-state index in [4.69, 9.17) is 4.74 Å². The summed E-state index contributed by atoms with van der Waals surface area (Å²) in [5.74, 6) is 0.131. The van der Waals surface area contributed by atoms with Crippen molar-refractivity contribution in [2.75, 3.05) is 33.4 Å². The number of likely N-dealkylation sites (N-methyl/N-ethyl adjacent to an activating group) is 1. The number of benzene rings is 1. The first kappa shape index (κ1) is 16.8. The van der Waals surface area contributed by atoms with E-state index in [1.165, 1.54) is 0 Å². The lowest BCUT2D eigenvalue weighted by molar-refractivity contribution is 0.0874. The molecule has 2 unspecified atom stereocenters. The average Bonchev–Trinajstić information content (AvgIpc) is 3.04. The molecule has 1 aliphatic heterocycles. The zero-order valence-corrected chi connectivity index (χ0v) is 13.2. The first-order valence-corrected chi connectivity index (χ1v) is 7.97. The summed E-state index contributed by atoms with van der Waals surface area (Å²) >= 11 is 0. The molecule has 1 fully saturated rings. The first-order valence-electron chi connectivity index (χ1n) is 7.97. The van der Waals surface area contributed by atoms with E-state index in [9.17, 15) is 9.90 Å². The van der Waals surface area contributed by atoms with Crippen LogP contribution in [-0.4, -0.2) is 55.5 Å². The molecule has 0 aliphatic carbocycles. The molecule has 2 rings (SSSR count). The molecule has 1 aromatic carbocycles. The van der Waals surface area contributed by atoms with Gasteiger partial charge in [-0.05, 0) is 24.8 Å². The Morgan fingerprint density at radius 2 is 2.23 bits per heavy atom. The first-order chi connectivity index (χ1) is 10.7. The molecule has 0 bridgehead atoms. The van der Waals surface area contributed by atoms with Gasteiger partial charge in [-0.15, -0.1) is 0 Å². The normalized spacial score (nSPS) is 18.9. The van der Waals surface area contributed by atoms with Crippen LogP contribution in [0.1, 0.15) is 30.7 Å². The second-order valence-electron chi connectivity index (χ2n) is 5.82. The van der Waals surface area contributed by atoms with Crippen molar-refractivity contribution in [3.8, 4) is 0 Å². The van der Waals surface area contributed by atoms with Crippen molar-refractivity contribution >= 4 is 6.03 Å². The van der Waals surface area contributed by atoms with E-state index in [1.807, 2.05) is 30.3 Å². The van der Waals surface area contributed by atoms with Crippen molar-refractivity contribution in [1.29, 1.82) is 0 Å². The highest BCUT2D eigenvalue weighted by molar-refractivity contribution is 5.73. The number of hydrogen-bond donors (Lipinski definition) is 2. The minimum atomic E-state index is -0.0885. The van der Waals surface area contributed by atoms with Crippen molar-refractivity contribution in [1.82, 2.24) is 10.2 Å². The summed E-state index contributed by atoms with van der Waals surface area (Å²) in [6.45, 7) is 2.06. The second kappa shape index (κ2) is 8.76. The van der Waals surface area contributed by atoms with Crippen LogP contribution in [0.3, 0.4) is 0 Å². The van der Waals surface area contributed by atoms with E-state index in [-0.39, 0.29) is 24.7 Å². The largest absolute Gasteiger partial charge is 0.396 e. The minimum Gasteiger partial charge on any atom is -0.396 e. The highest BCUT2D eigenvalue weighted by atomic mass is 16.5. The molecular weight excluding hydrogens is 280 g/mol. The minimum absolute atomic E-state index is 0.0885. The van der Waals surface area contributed by atoms with E-state index in [2.05, 4.69) is 5.32 Å². The number of rotatable bonds is 7. The third-order valence-electron chi connectivity index (χ3n) is 4.10. The van der Waals surface area contributed by atoms with Gasteiger partial charge in [0.1, 0.15) is 0 Å². The van der Waals surface area contributed by atoms with Gasteiger partial charge in [0.25, 0.3) is 0 Å². The van der Waals surface area contributed by atoms with Crippen LogP contribution in [0.5, 0.6) is 0 Å². The highest BCUT2D eigenvalue weighted by Crippen LogP contribution is 2.18. The van der Waals surface area contributed by atoms with Gasteiger partial charge in [-0.2, -0.15) is 0 Å². The molecule has 5 nitrogen and oxygen atoms in total. The summed E-state index contributed by atoms with van der Waals surface area (Å²) in [4.78, 5) is 13.8. The average molecular weight is 306 g/mol. The summed E-state index contributed by atoms with van der Waals surface area (Å²) in [6, 6.07) is 9.89. The lowest BCUT2D eigenvalue weighted by Crippen LogP contribution is -2.42. The molecule has 0 aromatic heterocycles. The lowest BCUT2D eigenvalue weighted by Gasteiger charge is -2.23. The Labute approximate surface area is 132 Å². The Morgan fingerprint density at radius 3 is 2.86 bits per heavy atom. The number of carbonyl (C=O) groups excluding carboxylic acids is 1. The number of ether oxygens (including phenoxy) is 1. The fourth-order valence-electron chi connectivity index (χ4n) is 2.79. The zero-order chi connectivity index (χ0) is 15.8. The van der Waals surface area contributed by atoms with Gasteiger partial charge < -0.3 is 20.1 Å². The van der Waals surface area contributed by atoms with Crippen LogP contribution in [0.4, 0.5) is 4.79 Å². The van der Waals surface area contributed by atoms with Gasteiger partial charge in [-0.1, -0.05) is 30.3 Å². The summed E-state index contributed by atoms with van der Waals surface area (Å²) in [7, 11) is 1.79. The van der Waals surface area contributed by atoms with Gasteiger partial charge in [-0.25, -0.2) is 4.79 Å². The topological polar surface area (TPSA) is 61.8 Å². The molecule has 1 saturated heterocycles. The Morgan fingerprint density at radius 1 is 1.45 bits per heavy atom. The van der Waals surface area contributed by atoms with Crippen molar-refractivity contribution < 1.29 is 14.6 Å². The number of nitrogens with one attached hydrogen (secondary N) is 1. The molecule has 1 aromatic rings.